The molecule has 0 fully saturated rings. The zero-order chi connectivity index (χ0) is 28.8. The summed E-state index contributed by atoms with van der Waals surface area (Å²) in [4.78, 5) is 0. The molecule has 0 unspecified atom stereocenters. The maximum atomic E-state index is 5.27. The lowest BCUT2D eigenvalue weighted by atomic mass is 10.0. The van der Waals surface area contributed by atoms with Crippen molar-refractivity contribution in [2.45, 2.75) is 87.5 Å². The quantitative estimate of drug-likeness (QED) is 0.235. The third-order valence-corrected chi connectivity index (χ3v) is 5.71. The first-order chi connectivity index (χ1) is 17.7. The fraction of sp³-hybridized carbons (Fsp3) is 0.471. The number of ether oxygens (including phenoxy) is 3. The number of benzene rings is 2. The van der Waals surface area contributed by atoms with Crippen LogP contribution in [0.3, 0.4) is 0 Å². The molecule has 0 N–H and O–H groups in total. The summed E-state index contributed by atoms with van der Waals surface area (Å²) in [6, 6.07) is 12.3. The van der Waals surface area contributed by atoms with Crippen molar-refractivity contribution in [3.05, 3.63) is 77.9 Å². The van der Waals surface area contributed by atoms with Gasteiger partial charge in [-0.2, -0.15) is 0 Å². The Labute approximate surface area is 229 Å². The van der Waals surface area contributed by atoms with Gasteiger partial charge in [-0.05, 0) is 86.9 Å². The summed E-state index contributed by atoms with van der Waals surface area (Å²) in [6.07, 6.45) is 8.24. The van der Waals surface area contributed by atoms with Crippen LogP contribution in [-0.2, 0) is 0 Å². The molecule has 208 valence electrons. The highest BCUT2D eigenvalue weighted by atomic mass is 16.5. The first kappa shape index (κ1) is 36.2. The lowest BCUT2D eigenvalue weighted by molar-refractivity contribution is 0.324. The molecule has 0 aliphatic carbocycles. The van der Waals surface area contributed by atoms with Gasteiger partial charge in [0.1, 0.15) is 0 Å². The van der Waals surface area contributed by atoms with E-state index in [1.807, 2.05) is 26.0 Å². The van der Waals surface area contributed by atoms with Gasteiger partial charge in [-0.15, -0.1) is 6.58 Å². The summed E-state index contributed by atoms with van der Waals surface area (Å²) in [6.45, 7) is 24.6. The minimum Gasteiger partial charge on any atom is -0.493 e. The molecule has 2 aromatic carbocycles. The number of hydrogen-bond donors (Lipinski definition) is 0. The molecule has 0 aliphatic heterocycles. The van der Waals surface area contributed by atoms with Gasteiger partial charge in [0.05, 0.1) is 21.3 Å². The molecule has 0 spiro atoms. The highest BCUT2D eigenvalue weighted by Crippen LogP contribution is 2.40. The molecule has 0 amide bonds. The van der Waals surface area contributed by atoms with Crippen molar-refractivity contribution < 1.29 is 14.2 Å². The van der Waals surface area contributed by atoms with Gasteiger partial charge in [0.15, 0.2) is 11.5 Å². The van der Waals surface area contributed by atoms with E-state index >= 15 is 0 Å². The smallest absolute Gasteiger partial charge is 0.203 e. The molecule has 2 aromatic rings. The lowest BCUT2D eigenvalue weighted by Gasteiger charge is -2.14. The molecule has 3 nitrogen and oxygen atoms in total. The molecule has 0 aliphatic rings. The van der Waals surface area contributed by atoms with Crippen LogP contribution in [0.5, 0.6) is 17.2 Å². The number of allylic oxidation sites excluding steroid dienone is 4. The molecule has 0 saturated heterocycles. The van der Waals surface area contributed by atoms with Crippen LogP contribution in [0.2, 0.25) is 0 Å². The Balaban J connectivity index is 0. The Bertz CT molecular complexity index is 913. The fourth-order valence-corrected chi connectivity index (χ4v) is 3.34. The van der Waals surface area contributed by atoms with Crippen LogP contribution < -0.4 is 14.2 Å². The van der Waals surface area contributed by atoms with Gasteiger partial charge in [0, 0.05) is 0 Å². The monoisotopic (exact) mass is 510 g/mol. The largest absolute Gasteiger partial charge is 0.493 e. The van der Waals surface area contributed by atoms with E-state index in [9.17, 15) is 0 Å². The lowest BCUT2D eigenvalue weighted by Crippen LogP contribution is -1.96. The van der Waals surface area contributed by atoms with Crippen molar-refractivity contribution in [1.29, 1.82) is 0 Å². The second-order valence-electron chi connectivity index (χ2n) is 8.57. The summed E-state index contributed by atoms with van der Waals surface area (Å²) in [5.41, 5.74) is 7.43. The SMILES string of the molecule is C/C=C(\C)c1ccccc1C.C=C(C)CCCCC.C=C(CC)c1cc(OC)c(OC)c(OC)c1.CC. The molecular formula is C34H54O3. The van der Waals surface area contributed by atoms with Gasteiger partial charge < -0.3 is 14.2 Å². The van der Waals surface area contributed by atoms with Crippen molar-refractivity contribution in [1.82, 2.24) is 0 Å². The summed E-state index contributed by atoms with van der Waals surface area (Å²) in [7, 11) is 4.81. The molecule has 0 bridgehead atoms. The molecular weight excluding hydrogens is 456 g/mol. The Kier molecular flexibility index (Phi) is 21.8. The Morgan fingerprint density at radius 2 is 1.41 bits per heavy atom. The first-order valence-corrected chi connectivity index (χ1v) is 13.5. The molecule has 0 radical (unpaired) electrons. The van der Waals surface area contributed by atoms with Gasteiger partial charge in [0.25, 0.3) is 0 Å². The summed E-state index contributed by atoms with van der Waals surface area (Å²) < 4.78 is 15.8. The maximum absolute atomic E-state index is 5.27. The van der Waals surface area contributed by atoms with Crippen molar-refractivity contribution >= 4 is 11.1 Å². The highest BCUT2D eigenvalue weighted by molar-refractivity contribution is 5.69. The Hall–Kier alpha value is -2.94. The third-order valence-electron chi connectivity index (χ3n) is 5.71. The highest BCUT2D eigenvalue weighted by Gasteiger charge is 2.13. The van der Waals surface area contributed by atoms with Crippen LogP contribution in [0.15, 0.2) is 61.2 Å². The standard InChI is InChI=1S/C13H18O3.C11H14.C8H16.C2H6/c1-6-9(2)10-7-11(14-3)13(16-5)12(8-10)15-4;1-4-9(2)11-8-6-5-7-10(11)3;1-4-5-6-7-8(2)3;1-2/h7-8H,2,6H2,1,3-5H3;4-8H,1-3H3;2,4-7H2,1,3H3;1-2H3/b;9-4+;;. The third kappa shape index (κ3) is 14.4. The topological polar surface area (TPSA) is 27.7 Å². The molecule has 2 rings (SSSR count). The molecule has 0 aromatic heterocycles. The second-order valence-corrected chi connectivity index (χ2v) is 8.57. The van der Waals surface area contributed by atoms with Crippen LogP contribution in [-0.4, -0.2) is 21.3 Å². The number of rotatable bonds is 10. The Morgan fingerprint density at radius 1 is 0.865 bits per heavy atom. The molecule has 0 atom stereocenters. The van der Waals surface area contributed by atoms with Gasteiger partial charge >= 0.3 is 0 Å². The minimum absolute atomic E-state index is 0.609. The van der Waals surface area contributed by atoms with Crippen molar-refractivity contribution in [3.8, 4) is 17.2 Å². The van der Waals surface area contributed by atoms with Gasteiger partial charge in [-0.1, -0.05) is 83.0 Å². The second kappa shape index (κ2) is 22.3. The van der Waals surface area contributed by atoms with Crippen molar-refractivity contribution in [3.63, 3.8) is 0 Å². The van der Waals surface area contributed by atoms with E-state index in [2.05, 4.69) is 85.0 Å². The number of hydrogen-bond acceptors (Lipinski definition) is 3. The van der Waals surface area contributed by atoms with E-state index in [1.165, 1.54) is 48.0 Å². The average Bonchev–Trinajstić information content (AvgIpc) is 2.93. The van der Waals surface area contributed by atoms with E-state index in [0.717, 1.165) is 17.6 Å². The van der Waals surface area contributed by atoms with Gasteiger partial charge in [-0.3, -0.25) is 0 Å². The van der Waals surface area contributed by atoms with Crippen LogP contribution in [0, 0.1) is 6.92 Å². The van der Waals surface area contributed by atoms with Crippen molar-refractivity contribution in [2.24, 2.45) is 0 Å². The van der Waals surface area contributed by atoms with Crippen LogP contribution in [0.25, 0.3) is 11.1 Å². The van der Waals surface area contributed by atoms with Gasteiger partial charge in [-0.25, -0.2) is 0 Å². The molecule has 0 saturated carbocycles. The summed E-state index contributed by atoms with van der Waals surface area (Å²) in [5.74, 6) is 1.93. The number of unbranched alkanes of at least 4 members (excludes halogenated alkanes) is 2. The first-order valence-electron chi connectivity index (χ1n) is 13.5. The van der Waals surface area contributed by atoms with E-state index < -0.39 is 0 Å². The normalized spacial score (nSPS) is 9.86. The number of methoxy groups -OCH3 is 3. The minimum atomic E-state index is 0.609. The van der Waals surface area contributed by atoms with E-state index in [1.54, 1.807) is 21.3 Å². The molecule has 37 heavy (non-hydrogen) atoms. The predicted molar refractivity (Wildman–Crippen MR) is 166 cm³/mol. The zero-order valence-corrected chi connectivity index (χ0v) is 25.7. The van der Waals surface area contributed by atoms with E-state index in [0.29, 0.717) is 17.2 Å². The molecule has 0 heterocycles. The van der Waals surface area contributed by atoms with Crippen molar-refractivity contribution in [2.75, 3.05) is 21.3 Å². The maximum Gasteiger partial charge on any atom is 0.203 e. The summed E-state index contributed by atoms with van der Waals surface area (Å²) in [5, 5.41) is 0. The number of aryl methyl sites for hydroxylation is 1. The summed E-state index contributed by atoms with van der Waals surface area (Å²) >= 11 is 0. The fourth-order valence-electron chi connectivity index (χ4n) is 3.34. The predicted octanol–water partition coefficient (Wildman–Crippen LogP) is 10.7. The van der Waals surface area contributed by atoms with Crippen LogP contribution in [0.4, 0.5) is 0 Å². The molecule has 3 heteroatoms. The van der Waals surface area contributed by atoms with Crippen LogP contribution >= 0.6 is 0 Å². The van der Waals surface area contributed by atoms with E-state index in [-0.39, 0.29) is 0 Å². The van der Waals surface area contributed by atoms with Crippen LogP contribution in [0.1, 0.15) is 97.3 Å². The Morgan fingerprint density at radius 3 is 1.78 bits per heavy atom. The van der Waals surface area contributed by atoms with Gasteiger partial charge in [0.2, 0.25) is 5.75 Å². The van der Waals surface area contributed by atoms with E-state index in [4.69, 9.17) is 14.2 Å². The average molecular weight is 511 g/mol. The zero-order valence-electron chi connectivity index (χ0n) is 25.7.